The monoisotopic (exact) mass is 706 g/mol. The molecular formula is C40H42N4O6S. The zero-order chi connectivity index (χ0) is 36.1. The number of thiazole rings is 1. The average Bonchev–Trinajstić information content (AvgIpc) is 3.53. The molecular weight excluding hydrogens is 665 g/mol. The van der Waals surface area contributed by atoms with Crippen molar-refractivity contribution in [3.05, 3.63) is 101 Å². The molecule has 264 valence electrons. The van der Waals surface area contributed by atoms with Crippen molar-refractivity contribution in [2.24, 2.45) is 0 Å². The van der Waals surface area contributed by atoms with E-state index in [1.54, 1.807) is 0 Å². The van der Waals surface area contributed by atoms with Crippen LogP contribution in [0.25, 0.3) is 21.3 Å². The van der Waals surface area contributed by atoms with Crippen LogP contribution in [0.2, 0.25) is 0 Å². The number of para-hydroxylation sites is 1. The maximum atomic E-state index is 13.8. The molecule has 2 aromatic heterocycles. The molecule has 1 aliphatic rings. The van der Waals surface area contributed by atoms with Gasteiger partial charge in [0.1, 0.15) is 17.2 Å². The Bertz CT molecular complexity index is 2050. The molecule has 0 aliphatic carbocycles. The smallest absolute Gasteiger partial charge is 0.358 e. The number of carbonyl (C=O) groups is 3. The Morgan fingerprint density at radius 2 is 1.73 bits per heavy atom. The van der Waals surface area contributed by atoms with E-state index in [1.165, 1.54) is 18.4 Å². The highest BCUT2D eigenvalue weighted by molar-refractivity contribution is 7.22. The number of amides is 1. The van der Waals surface area contributed by atoms with E-state index in [2.05, 4.69) is 21.3 Å². The first-order chi connectivity index (χ1) is 24.5. The Morgan fingerprint density at radius 3 is 2.51 bits per heavy atom. The van der Waals surface area contributed by atoms with Gasteiger partial charge in [0.05, 0.1) is 23.9 Å². The number of fused-ring (bicyclic) bond motifs is 2. The Hall–Kier alpha value is -5.29. The molecule has 1 aliphatic heterocycles. The summed E-state index contributed by atoms with van der Waals surface area (Å²) in [5, 5.41) is 3.55. The van der Waals surface area contributed by atoms with E-state index in [1.807, 2.05) is 94.4 Å². The lowest BCUT2D eigenvalue weighted by molar-refractivity contribution is -0.140. The van der Waals surface area contributed by atoms with E-state index < -0.39 is 11.6 Å². The van der Waals surface area contributed by atoms with Crippen LogP contribution in [-0.4, -0.2) is 53.7 Å². The van der Waals surface area contributed by atoms with Crippen molar-refractivity contribution in [1.29, 1.82) is 0 Å². The highest BCUT2D eigenvalue weighted by Crippen LogP contribution is 2.35. The van der Waals surface area contributed by atoms with Crippen molar-refractivity contribution >= 4 is 50.3 Å². The predicted octanol–water partition coefficient (Wildman–Crippen LogP) is 8.16. The van der Waals surface area contributed by atoms with Gasteiger partial charge in [0.25, 0.3) is 5.91 Å². The number of unbranched alkanes of at least 4 members (excludes halogenated alkanes) is 1. The zero-order valence-corrected chi connectivity index (χ0v) is 30.4. The third kappa shape index (κ3) is 8.37. The molecule has 0 unspecified atom stereocenters. The van der Waals surface area contributed by atoms with Crippen LogP contribution in [0.15, 0.2) is 72.8 Å². The number of nitrogens with zero attached hydrogens (tertiary/aromatic N) is 3. The number of nitrogens with one attached hydrogen (secondary N) is 1. The fraction of sp³-hybridized carbons (Fsp3) is 0.325. The molecule has 0 spiro atoms. The number of ether oxygens (including phenoxy) is 3. The van der Waals surface area contributed by atoms with Crippen molar-refractivity contribution in [2.45, 2.75) is 65.5 Å². The van der Waals surface area contributed by atoms with Crippen LogP contribution in [0.3, 0.4) is 0 Å². The van der Waals surface area contributed by atoms with E-state index in [9.17, 15) is 14.4 Å². The molecule has 0 saturated carbocycles. The SMILES string of the molecule is COC(=O)CCCCOc1cccc(-c2ccc(N3CCc4cccc(C(=O)Nc5nc6ccccc6s5)c4C3)nc2C(=O)OC(C)(C)C)c1C. The number of pyridine rings is 1. The van der Waals surface area contributed by atoms with Crippen LogP contribution in [0.1, 0.15) is 77.6 Å². The molecule has 10 nitrogen and oxygen atoms in total. The second kappa shape index (κ2) is 15.3. The summed E-state index contributed by atoms with van der Waals surface area (Å²) >= 11 is 1.44. The maximum Gasteiger partial charge on any atom is 0.358 e. The van der Waals surface area contributed by atoms with Crippen LogP contribution < -0.4 is 15.0 Å². The van der Waals surface area contributed by atoms with Crippen LogP contribution >= 0.6 is 11.3 Å². The number of benzene rings is 3. The molecule has 5 aromatic rings. The topological polar surface area (TPSA) is 120 Å². The van der Waals surface area contributed by atoms with Crippen LogP contribution in [0, 0.1) is 6.92 Å². The quantitative estimate of drug-likeness (QED) is 0.107. The van der Waals surface area contributed by atoms with Crippen molar-refractivity contribution in [3.8, 4) is 16.9 Å². The first kappa shape index (κ1) is 35.5. The minimum atomic E-state index is -0.730. The van der Waals surface area contributed by atoms with Crippen LogP contribution in [0.5, 0.6) is 5.75 Å². The largest absolute Gasteiger partial charge is 0.493 e. The lowest BCUT2D eigenvalue weighted by atomic mass is 9.94. The molecule has 1 amide bonds. The fourth-order valence-corrected chi connectivity index (χ4v) is 6.98. The van der Waals surface area contributed by atoms with E-state index >= 15 is 0 Å². The Balaban J connectivity index is 1.26. The molecule has 6 rings (SSSR count). The molecule has 0 atom stereocenters. The first-order valence-electron chi connectivity index (χ1n) is 17.1. The minimum Gasteiger partial charge on any atom is -0.493 e. The second-order valence-electron chi connectivity index (χ2n) is 13.4. The Kier molecular flexibility index (Phi) is 10.7. The fourth-order valence-electron chi connectivity index (χ4n) is 6.12. The summed E-state index contributed by atoms with van der Waals surface area (Å²) in [6.45, 7) is 8.98. The number of hydrogen-bond acceptors (Lipinski definition) is 10. The van der Waals surface area contributed by atoms with E-state index in [-0.39, 0.29) is 17.6 Å². The molecule has 0 radical (unpaired) electrons. The number of rotatable bonds is 11. The molecule has 1 N–H and O–H groups in total. The number of carbonyl (C=O) groups excluding carboxylic acids is 3. The van der Waals surface area contributed by atoms with Crippen molar-refractivity contribution in [1.82, 2.24) is 9.97 Å². The van der Waals surface area contributed by atoms with Crippen molar-refractivity contribution < 1.29 is 28.6 Å². The van der Waals surface area contributed by atoms with Gasteiger partial charge in [0.15, 0.2) is 10.8 Å². The first-order valence-corrected chi connectivity index (χ1v) is 17.9. The summed E-state index contributed by atoms with van der Waals surface area (Å²) in [4.78, 5) is 50.4. The summed E-state index contributed by atoms with van der Waals surface area (Å²) in [5.74, 6) is 0.322. The van der Waals surface area contributed by atoms with E-state index in [0.717, 1.165) is 32.5 Å². The summed E-state index contributed by atoms with van der Waals surface area (Å²) in [6, 6.07) is 23.2. The average molecular weight is 707 g/mol. The van der Waals surface area contributed by atoms with Gasteiger partial charge in [0.2, 0.25) is 0 Å². The van der Waals surface area contributed by atoms with Gasteiger partial charge in [-0.3, -0.25) is 14.9 Å². The van der Waals surface area contributed by atoms with Gasteiger partial charge in [-0.1, -0.05) is 47.7 Å². The lowest BCUT2D eigenvalue weighted by Crippen LogP contribution is -2.33. The normalized spacial score (nSPS) is 12.7. The van der Waals surface area contributed by atoms with Gasteiger partial charge in [-0.2, -0.15) is 0 Å². The number of aromatic nitrogens is 2. The summed E-state index contributed by atoms with van der Waals surface area (Å²) in [5.41, 5.74) is 5.22. The zero-order valence-electron chi connectivity index (χ0n) is 29.6. The van der Waals surface area contributed by atoms with E-state index in [4.69, 9.17) is 19.2 Å². The number of esters is 2. The van der Waals surface area contributed by atoms with Gasteiger partial charge < -0.3 is 19.1 Å². The highest BCUT2D eigenvalue weighted by atomic mass is 32.1. The number of anilines is 2. The second-order valence-corrected chi connectivity index (χ2v) is 14.5. The summed E-state index contributed by atoms with van der Waals surface area (Å²) in [6.07, 6.45) is 2.41. The van der Waals surface area contributed by atoms with Crippen LogP contribution in [-0.2, 0) is 27.2 Å². The standard InChI is InChI=1S/C40H42N4O6S/c1-25-27(13-11-16-32(25)49-23-9-8-18-35(45)48-5)28-19-20-34(42-36(28)38(47)50-40(2,3)4)44-22-21-26-12-10-14-29(30(26)24-44)37(46)43-39-41-31-15-6-7-17-33(31)51-39/h6-7,10-17,19-20H,8-9,18,21-24H2,1-5H3,(H,41,43,46). The molecule has 51 heavy (non-hydrogen) atoms. The van der Waals surface area contributed by atoms with Crippen molar-refractivity contribution in [2.75, 3.05) is 30.5 Å². The molecule has 0 saturated heterocycles. The minimum absolute atomic E-state index is 0.202. The summed E-state index contributed by atoms with van der Waals surface area (Å²) < 4.78 is 17.7. The third-order valence-corrected chi connectivity index (χ3v) is 9.62. The number of hydrogen-bond donors (Lipinski definition) is 1. The molecule has 3 heterocycles. The molecule has 0 fully saturated rings. The van der Waals surface area contributed by atoms with E-state index in [0.29, 0.717) is 73.2 Å². The Labute approximate surface area is 301 Å². The van der Waals surface area contributed by atoms with Crippen LogP contribution in [0.4, 0.5) is 10.9 Å². The van der Waals surface area contributed by atoms with Gasteiger partial charge in [-0.25, -0.2) is 14.8 Å². The molecule has 11 heteroatoms. The predicted molar refractivity (Wildman–Crippen MR) is 200 cm³/mol. The van der Waals surface area contributed by atoms with Gasteiger partial charge in [-0.05, 0) is 106 Å². The lowest BCUT2D eigenvalue weighted by Gasteiger charge is -2.31. The number of methoxy groups -OCH3 is 1. The Morgan fingerprint density at radius 1 is 0.922 bits per heavy atom. The maximum absolute atomic E-state index is 13.8. The molecule has 3 aromatic carbocycles. The van der Waals surface area contributed by atoms with Gasteiger partial charge in [0, 0.05) is 30.6 Å². The van der Waals surface area contributed by atoms with Crippen molar-refractivity contribution in [3.63, 3.8) is 0 Å². The molecule has 0 bridgehead atoms. The third-order valence-electron chi connectivity index (χ3n) is 8.66. The van der Waals surface area contributed by atoms with Gasteiger partial charge in [-0.15, -0.1) is 0 Å². The highest BCUT2D eigenvalue weighted by Gasteiger charge is 2.28. The summed E-state index contributed by atoms with van der Waals surface area (Å²) in [7, 11) is 1.38. The van der Waals surface area contributed by atoms with Gasteiger partial charge >= 0.3 is 11.9 Å².